The quantitative estimate of drug-likeness (QED) is 0.804. The van der Waals surface area contributed by atoms with Crippen molar-refractivity contribution < 1.29 is 13.5 Å². The van der Waals surface area contributed by atoms with Crippen LogP contribution in [0, 0.1) is 5.92 Å². The lowest BCUT2D eigenvalue weighted by Crippen LogP contribution is -2.43. The van der Waals surface area contributed by atoms with E-state index in [-0.39, 0.29) is 17.6 Å². The van der Waals surface area contributed by atoms with Gasteiger partial charge in [-0.15, -0.1) is 0 Å². The van der Waals surface area contributed by atoms with E-state index in [0.717, 1.165) is 12.8 Å². The highest BCUT2D eigenvalue weighted by molar-refractivity contribution is 7.91. The van der Waals surface area contributed by atoms with E-state index in [2.05, 4.69) is 11.9 Å². The zero-order chi connectivity index (χ0) is 14.0. The average Bonchev–Trinajstić information content (AvgIpc) is 2.61. The lowest BCUT2D eigenvalue weighted by molar-refractivity contribution is 0.0316. The van der Waals surface area contributed by atoms with Gasteiger partial charge < -0.3 is 10.0 Å². The molecule has 2 saturated heterocycles. The highest BCUT2D eigenvalue weighted by atomic mass is 32.2. The number of fused-ring (bicyclic) bond motifs is 2. The largest absolute Gasteiger partial charge is 0.393 e. The van der Waals surface area contributed by atoms with E-state index in [1.165, 1.54) is 12.8 Å². The fraction of sp³-hybridized carbons (Fsp3) is 1.00. The first kappa shape index (κ1) is 15.3. The minimum absolute atomic E-state index is 0.210. The summed E-state index contributed by atoms with van der Waals surface area (Å²) >= 11 is 0. The van der Waals surface area contributed by atoms with Gasteiger partial charge in [-0.2, -0.15) is 0 Å². The number of rotatable bonds is 6. The summed E-state index contributed by atoms with van der Waals surface area (Å²) in [5, 5.41) is 10.3. The Labute approximate surface area is 117 Å². The molecule has 2 aliphatic heterocycles. The SMILES string of the molecule is CCS(=O)(=O)CCCC(O)C1CC2CCC(C1)N2C. The number of piperidine rings is 1. The molecule has 0 aliphatic carbocycles. The van der Waals surface area contributed by atoms with E-state index < -0.39 is 9.84 Å². The maximum absolute atomic E-state index is 11.4. The third-order valence-electron chi connectivity index (χ3n) is 5.07. The van der Waals surface area contributed by atoms with Crippen molar-refractivity contribution in [1.29, 1.82) is 0 Å². The van der Waals surface area contributed by atoms with Gasteiger partial charge in [0.2, 0.25) is 0 Å². The molecule has 0 spiro atoms. The van der Waals surface area contributed by atoms with Crippen LogP contribution in [0.25, 0.3) is 0 Å². The molecule has 3 unspecified atom stereocenters. The van der Waals surface area contributed by atoms with Crippen molar-refractivity contribution in [2.24, 2.45) is 5.92 Å². The number of aliphatic hydroxyl groups excluding tert-OH is 1. The molecule has 3 atom stereocenters. The Morgan fingerprint density at radius 1 is 1.26 bits per heavy atom. The molecule has 0 aromatic carbocycles. The van der Waals surface area contributed by atoms with Gasteiger partial charge in [0.25, 0.3) is 0 Å². The van der Waals surface area contributed by atoms with Crippen LogP contribution >= 0.6 is 0 Å². The summed E-state index contributed by atoms with van der Waals surface area (Å²) in [5.41, 5.74) is 0. The first-order valence-electron chi connectivity index (χ1n) is 7.53. The standard InChI is InChI=1S/C14H27NO3S/c1-3-19(17,18)8-4-5-14(16)11-9-12-6-7-13(10-11)15(12)2/h11-14,16H,3-10H2,1-2H3. The molecule has 0 amide bonds. The van der Waals surface area contributed by atoms with E-state index in [1.54, 1.807) is 6.92 Å². The maximum Gasteiger partial charge on any atom is 0.150 e. The first-order valence-corrected chi connectivity index (χ1v) is 9.35. The van der Waals surface area contributed by atoms with Gasteiger partial charge in [0.15, 0.2) is 0 Å². The maximum atomic E-state index is 11.4. The summed E-state index contributed by atoms with van der Waals surface area (Å²) in [5.74, 6) is 0.805. The molecular formula is C14H27NO3S. The van der Waals surface area contributed by atoms with Crippen molar-refractivity contribution >= 4 is 9.84 Å². The second-order valence-corrected chi connectivity index (χ2v) is 8.70. The molecule has 0 radical (unpaired) electrons. The highest BCUT2D eigenvalue weighted by Crippen LogP contribution is 2.39. The van der Waals surface area contributed by atoms with Crippen molar-refractivity contribution in [1.82, 2.24) is 4.90 Å². The average molecular weight is 289 g/mol. The van der Waals surface area contributed by atoms with Crippen LogP contribution < -0.4 is 0 Å². The van der Waals surface area contributed by atoms with E-state index in [9.17, 15) is 13.5 Å². The Hall–Kier alpha value is -0.130. The van der Waals surface area contributed by atoms with E-state index in [0.29, 0.717) is 30.8 Å². The molecule has 1 N–H and O–H groups in total. The molecule has 19 heavy (non-hydrogen) atoms. The smallest absolute Gasteiger partial charge is 0.150 e. The fourth-order valence-corrected chi connectivity index (χ4v) is 4.56. The van der Waals surface area contributed by atoms with E-state index in [4.69, 9.17) is 0 Å². The van der Waals surface area contributed by atoms with Gasteiger partial charge in [-0.25, -0.2) is 8.42 Å². The van der Waals surface area contributed by atoms with Gasteiger partial charge in [-0.1, -0.05) is 6.92 Å². The highest BCUT2D eigenvalue weighted by Gasteiger charge is 2.40. The number of hydrogen-bond donors (Lipinski definition) is 1. The topological polar surface area (TPSA) is 57.6 Å². The van der Waals surface area contributed by atoms with Gasteiger partial charge in [0.05, 0.1) is 11.9 Å². The molecule has 0 aromatic heterocycles. The third-order valence-corrected chi connectivity index (χ3v) is 6.86. The third kappa shape index (κ3) is 3.70. The molecule has 4 nitrogen and oxygen atoms in total. The summed E-state index contributed by atoms with van der Waals surface area (Å²) in [4.78, 5) is 2.46. The van der Waals surface area contributed by atoms with E-state index >= 15 is 0 Å². The van der Waals surface area contributed by atoms with Crippen LogP contribution in [0.1, 0.15) is 45.4 Å². The van der Waals surface area contributed by atoms with Crippen molar-refractivity contribution in [2.45, 2.75) is 63.6 Å². The Bertz CT molecular complexity index is 381. The van der Waals surface area contributed by atoms with Gasteiger partial charge in [0.1, 0.15) is 9.84 Å². The second-order valence-electron chi connectivity index (χ2n) is 6.23. The van der Waals surface area contributed by atoms with Crippen LogP contribution in [0.5, 0.6) is 0 Å². The first-order chi connectivity index (χ1) is 8.93. The van der Waals surface area contributed by atoms with Crippen LogP contribution in [-0.4, -0.2) is 55.2 Å². The van der Waals surface area contributed by atoms with Gasteiger partial charge in [0, 0.05) is 17.8 Å². The van der Waals surface area contributed by atoms with Gasteiger partial charge in [-0.05, 0) is 51.5 Å². The molecule has 5 heteroatoms. The Balaban J connectivity index is 1.77. The van der Waals surface area contributed by atoms with Crippen molar-refractivity contribution in [2.75, 3.05) is 18.6 Å². The summed E-state index contributed by atoms with van der Waals surface area (Å²) < 4.78 is 22.9. The zero-order valence-corrected chi connectivity index (χ0v) is 12.9. The summed E-state index contributed by atoms with van der Waals surface area (Å²) in [6.07, 6.45) is 5.59. The molecule has 112 valence electrons. The molecule has 2 fully saturated rings. The van der Waals surface area contributed by atoms with Crippen LogP contribution in [0.2, 0.25) is 0 Å². The van der Waals surface area contributed by atoms with Crippen molar-refractivity contribution in [3.8, 4) is 0 Å². The van der Waals surface area contributed by atoms with Crippen LogP contribution in [0.15, 0.2) is 0 Å². The minimum Gasteiger partial charge on any atom is -0.393 e. The number of hydrogen-bond acceptors (Lipinski definition) is 4. The van der Waals surface area contributed by atoms with Crippen LogP contribution in [0.4, 0.5) is 0 Å². The van der Waals surface area contributed by atoms with Crippen LogP contribution in [-0.2, 0) is 9.84 Å². The number of nitrogens with zero attached hydrogens (tertiary/aromatic N) is 1. The second kappa shape index (κ2) is 6.10. The lowest BCUT2D eigenvalue weighted by Gasteiger charge is -2.38. The number of aliphatic hydroxyl groups is 1. The van der Waals surface area contributed by atoms with Gasteiger partial charge >= 0.3 is 0 Å². The molecule has 0 aromatic rings. The summed E-state index contributed by atoms with van der Waals surface area (Å²) in [6, 6.07) is 1.27. The van der Waals surface area contributed by atoms with Crippen molar-refractivity contribution in [3.63, 3.8) is 0 Å². The Morgan fingerprint density at radius 3 is 2.37 bits per heavy atom. The number of sulfone groups is 1. The van der Waals surface area contributed by atoms with Crippen LogP contribution in [0.3, 0.4) is 0 Å². The molecule has 2 bridgehead atoms. The summed E-state index contributed by atoms with van der Waals surface area (Å²) in [6.45, 7) is 1.68. The van der Waals surface area contributed by atoms with Gasteiger partial charge in [-0.3, -0.25) is 0 Å². The fourth-order valence-electron chi connectivity index (χ4n) is 3.66. The monoisotopic (exact) mass is 289 g/mol. The predicted molar refractivity (Wildman–Crippen MR) is 76.9 cm³/mol. The molecule has 0 saturated carbocycles. The van der Waals surface area contributed by atoms with E-state index in [1.807, 2.05) is 0 Å². The molecular weight excluding hydrogens is 262 g/mol. The lowest BCUT2D eigenvalue weighted by atomic mass is 9.85. The molecule has 2 heterocycles. The Morgan fingerprint density at radius 2 is 1.84 bits per heavy atom. The minimum atomic E-state index is -2.88. The Kier molecular flexibility index (Phi) is 4.90. The van der Waals surface area contributed by atoms with Crippen molar-refractivity contribution in [3.05, 3.63) is 0 Å². The molecule has 2 rings (SSSR count). The normalized spacial score (nSPS) is 33.5. The zero-order valence-electron chi connectivity index (χ0n) is 12.1. The molecule has 2 aliphatic rings. The summed E-state index contributed by atoms with van der Waals surface area (Å²) in [7, 11) is -0.690. The predicted octanol–water partition coefficient (Wildman–Crippen LogP) is 1.44.